The number of ether oxygens (including phenoxy) is 1. The van der Waals surface area contributed by atoms with Crippen LogP contribution < -0.4 is 5.73 Å². The van der Waals surface area contributed by atoms with Crippen molar-refractivity contribution >= 4 is 34.1 Å². The average molecular weight is 518 g/mol. The van der Waals surface area contributed by atoms with Crippen LogP contribution in [0.1, 0.15) is 80.8 Å². The number of carbonyl (C=O) groups is 3. The first-order valence-corrected chi connectivity index (χ1v) is 13.3. The van der Waals surface area contributed by atoms with Crippen molar-refractivity contribution in [3.63, 3.8) is 0 Å². The molecule has 2 aliphatic rings. The van der Waals surface area contributed by atoms with Gasteiger partial charge in [-0.05, 0) is 57.4 Å². The molecule has 0 bridgehead atoms. The van der Waals surface area contributed by atoms with Gasteiger partial charge in [0.05, 0.1) is 16.7 Å². The Morgan fingerprint density at radius 3 is 2.24 bits per heavy atom. The van der Waals surface area contributed by atoms with E-state index >= 15 is 0 Å². The number of nitrogens with two attached hydrogens (primary N) is 1. The zero-order chi connectivity index (χ0) is 26.5. The van der Waals surface area contributed by atoms with Gasteiger partial charge in [-0.1, -0.05) is 42.5 Å². The zero-order valence-electron chi connectivity index (χ0n) is 21.5. The molecule has 0 saturated heterocycles. The van der Waals surface area contributed by atoms with Crippen molar-refractivity contribution in [2.45, 2.75) is 58.3 Å². The molecule has 2 amide bonds. The lowest BCUT2D eigenvalue weighted by Gasteiger charge is -2.41. The minimum atomic E-state index is -0.652. The predicted octanol–water partition coefficient (Wildman–Crippen LogP) is 5.07. The Bertz CT molecular complexity index is 1340. The van der Waals surface area contributed by atoms with Crippen molar-refractivity contribution in [3.05, 3.63) is 87.3 Å². The summed E-state index contributed by atoms with van der Waals surface area (Å²) in [7, 11) is 0. The largest absolute Gasteiger partial charge is 0.456 e. The molecular weight excluding hydrogens is 486 g/mol. The summed E-state index contributed by atoms with van der Waals surface area (Å²) in [6.07, 6.45) is 0.474. The van der Waals surface area contributed by atoms with Gasteiger partial charge in [-0.2, -0.15) is 0 Å². The number of anilines is 1. The summed E-state index contributed by atoms with van der Waals surface area (Å²) in [6.45, 7) is 8.38. The molecule has 3 aromatic rings. The molecular formula is C29H31N3O4S. The summed E-state index contributed by atoms with van der Waals surface area (Å²) in [6, 6.07) is 16.9. The fourth-order valence-electron chi connectivity index (χ4n) is 5.24. The van der Waals surface area contributed by atoms with Crippen molar-refractivity contribution in [2.75, 3.05) is 12.3 Å². The summed E-state index contributed by atoms with van der Waals surface area (Å²) < 4.78 is 5.67. The number of amides is 2. The highest BCUT2D eigenvalue weighted by Gasteiger charge is 2.41. The van der Waals surface area contributed by atoms with E-state index in [2.05, 4.69) is 24.0 Å². The molecule has 1 aromatic heterocycles. The summed E-state index contributed by atoms with van der Waals surface area (Å²) in [5, 5.41) is 0.438. The van der Waals surface area contributed by atoms with Crippen LogP contribution in [0, 0.1) is 0 Å². The fraction of sp³-hybridized carbons (Fsp3) is 0.345. The van der Waals surface area contributed by atoms with Gasteiger partial charge in [0.1, 0.15) is 10.6 Å². The van der Waals surface area contributed by atoms with Gasteiger partial charge < -0.3 is 10.5 Å². The van der Waals surface area contributed by atoms with Crippen LogP contribution in [0.2, 0.25) is 0 Å². The molecule has 2 atom stereocenters. The molecule has 2 aromatic carbocycles. The van der Waals surface area contributed by atoms with Crippen LogP contribution in [0.4, 0.5) is 5.00 Å². The van der Waals surface area contributed by atoms with Gasteiger partial charge in [0, 0.05) is 30.1 Å². The van der Waals surface area contributed by atoms with Gasteiger partial charge in [-0.15, -0.1) is 11.3 Å². The first-order chi connectivity index (χ1) is 17.5. The van der Waals surface area contributed by atoms with Gasteiger partial charge in [-0.3, -0.25) is 19.4 Å². The van der Waals surface area contributed by atoms with E-state index in [1.54, 1.807) is 24.3 Å². The first kappa shape index (κ1) is 25.2. The number of hydrogen-bond donors (Lipinski definition) is 1. The molecule has 0 fully saturated rings. The van der Waals surface area contributed by atoms with Crippen LogP contribution in [-0.4, -0.2) is 45.8 Å². The number of nitrogens with zero attached hydrogens (tertiary/aromatic N) is 2. The Morgan fingerprint density at radius 1 is 1.05 bits per heavy atom. The van der Waals surface area contributed by atoms with E-state index < -0.39 is 11.6 Å². The molecule has 3 heterocycles. The van der Waals surface area contributed by atoms with Crippen molar-refractivity contribution in [1.82, 2.24) is 9.80 Å². The third-order valence-electron chi connectivity index (χ3n) is 7.01. The molecule has 0 spiro atoms. The molecule has 0 saturated carbocycles. The minimum Gasteiger partial charge on any atom is -0.456 e. The maximum Gasteiger partial charge on any atom is 0.341 e. The standard InChI is InChI=1S/C29H31N3O4S/c1-17(18-10-6-5-7-11-18)31-16-23-22(24(25(30)37-23)28(35)36-29(2,3)4)14-19(31)15-32-26(33)20-12-8-9-13-21(20)27(32)34/h5-13,17,19H,14-16,30H2,1-4H3/t17-,19+/m0/s1. The molecule has 8 heteroatoms. The molecule has 0 radical (unpaired) electrons. The summed E-state index contributed by atoms with van der Waals surface area (Å²) in [4.78, 5) is 44.2. The van der Waals surface area contributed by atoms with Gasteiger partial charge in [0.25, 0.3) is 11.8 Å². The van der Waals surface area contributed by atoms with Crippen molar-refractivity contribution in [3.8, 4) is 0 Å². The number of benzene rings is 2. The lowest BCUT2D eigenvalue weighted by atomic mass is 9.93. The number of imide groups is 1. The Balaban J connectivity index is 1.51. The molecule has 5 rings (SSSR count). The molecule has 0 unspecified atom stereocenters. The Labute approximate surface area is 220 Å². The van der Waals surface area contributed by atoms with E-state index in [0.717, 1.165) is 16.0 Å². The Kier molecular flexibility index (Phi) is 6.41. The van der Waals surface area contributed by atoms with Crippen LogP contribution in [0.15, 0.2) is 54.6 Å². The third kappa shape index (κ3) is 4.67. The molecule has 2 aliphatic heterocycles. The zero-order valence-corrected chi connectivity index (χ0v) is 22.3. The minimum absolute atomic E-state index is 0.0165. The second kappa shape index (κ2) is 9.43. The van der Waals surface area contributed by atoms with Crippen LogP contribution in [0.25, 0.3) is 0 Å². The molecule has 37 heavy (non-hydrogen) atoms. The maximum atomic E-state index is 13.2. The van der Waals surface area contributed by atoms with E-state index in [-0.39, 0.29) is 30.4 Å². The molecule has 2 N–H and O–H groups in total. The van der Waals surface area contributed by atoms with Gasteiger partial charge in [-0.25, -0.2) is 4.79 Å². The van der Waals surface area contributed by atoms with E-state index in [9.17, 15) is 14.4 Å². The van der Waals surface area contributed by atoms with E-state index in [1.165, 1.54) is 16.2 Å². The van der Waals surface area contributed by atoms with Crippen molar-refractivity contribution in [1.29, 1.82) is 0 Å². The van der Waals surface area contributed by atoms with E-state index in [0.29, 0.717) is 34.7 Å². The quantitative estimate of drug-likeness (QED) is 0.375. The number of fused-ring (bicyclic) bond motifs is 2. The summed E-state index contributed by atoms with van der Waals surface area (Å²) >= 11 is 1.41. The van der Waals surface area contributed by atoms with Gasteiger partial charge in [0.15, 0.2) is 0 Å². The second-order valence-corrected chi connectivity index (χ2v) is 11.8. The Morgan fingerprint density at radius 2 is 1.65 bits per heavy atom. The lowest BCUT2D eigenvalue weighted by molar-refractivity contribution is 0.00671. The third-order valence-corrected chi connectivity index (χ3v) is 8.05. The topological polar surface area (TPSA) is 92.9 Å². The SMILES string of the molecule is C[C@@H](c1ccccc1)N1Cc2sc(N)c(C(=O)OC(C)(C)C)c2C[C@@H]1CN1C(=O)c2ccccc2C1=O. The number of rotatable bonds is 5. The van der Waals surface area contributed by atoms with E-state index in [4.69, 9.17) is 10.5 Å². The molecule has 192 valence electrons. The normalized spacial score (nSPS) is 18.5. The highest BCUT2D eigenvalue weighted by atomic mass is 32.1. The summed E-state index contributed by atoms with van der Waals surface area (Å²) in [5.74, 6) is -1.00. The lowest BCUT2D eigenvalue weighted by Crippen LogP contribution is -2.49. The first-order valence-electron chi connectivity index (χ1n) is 12.4. The molecule has 0 aliphatic carbocycles. The maximum absolute atomic E-state index is 13.2. The number of thiophene rings is 1. The van der Waals surface area contributed by atoms with Crippen LogP contribution >= 0.6 is 11.3 Å². The second-order valence-electron chi connectivity index (χ2n) is 10.6. The predicted molar refractivity (Wildman–Crippen MR) is 144 cm³/mol. The summed E-state index contributed by atoms with van der Waals surface area (Å²) in [5.41, 5.74) is 8.98. The number of carbonyl (C=O) groups excluding carboxylic acids is 3. The molecule has 7 nitrogen and oxygen atoms in total. The van der Waals surface area contributed by atoms with Crippen LogP contribution in [0.3, 0.4) is 0 Å². The van der Waals surface area contributed by atoms with Crippen molar-refractivity contribution in [2.24, 2.45) is 0 Å². The fourth-order valence-corrected chi connectivity index (χ4v) is 6.34. The Hall–Kier alpha value is -3.49. The van der Waals surface area contributed by atoms with Crippen molar-refractivity contribution < 1.29 is 19.1 Å². The van der Waals surface area contributed by atoms with Crippen LogP contribution in [-0.2, 0) is 17.7 Å². The van der Waals surface area contributed by atoms with Gasteiger partial charge in [0.2, 0.25) is 0 Å². The smallest absolute Gasteiger partial charge is 0.341 e. The highest BCUT2D eigenvalue weighted by Crippen LogP contribution is 2.41. The van der Waals surface area contributed by atoms with E-state index in [1.807, 2.05) is 39.0 Å². The number of hydrogen-bond acceptors (Lipinski definition) is 7. The number of esters is 1. The monoisotopic (exact) mass is 517 g/mol. The number of nitrogen functional groups attached to an aromatic ring is 1. The van der Waals surface area contributed by atoms with Gasteiger partial charge >= 0.3 is 5.97 Å². The average Bonchev–Trinajstić information content (AvgIpc) is 3.31. The highest BCUT2D eigenvalue weighted by molar-refractivity contribution is 7.16. The van der Waals surface area contributed by atoms with Crippen LogP contribution in [0.5, 0.6) is 0 Å².